The molecule has 1 saturated heterocycles. The number of hydrogen-bond donors (Lipinski definition) is 1. The van der Waals surface area contributed by atoms with Gasteiger partial charge in [0.05, 0.1) is 12.6 Å². The molecule has 2 aromatic rings. The SMILES string of the molecule is CCOC(=O)[C@@H]1[C@@H]2NC(=S)N(c3ccccc3C)[C@@]1(C)Oc1ccc(Cl)cc12. The highest BCUT2D eigenvalue weighted by Crippen LogP contribution is 2.50. The summed E-state index contributed by atoms with van der Waals surface area (Å²) in [6, 6.07) is 12.9. The molecule has 2 bridgehead atoms. The Bertz CT molecular complexity index is 966. The fourth-order valence-electron chi connectivity index (χ4n) is 4.12. The number of anilines is 1. The first-order valence-corrected chi connectivity index (χ1v) is 9.97. The van der Waals surface area contributed by atoms with Crippen molar-refractivity contribution in [3.63, 3.8) is 0 Å². The number of halogens is 1. The summed E-state index contributed by atoms with van der Waals surface area (Å²) >= 11 is 11.9. The lowest BCUT2D eigenvalue weighted by atomic mass is 9.79. The summed E-state index contributed by atoms with van der Waals surface area (Å²) in [5, 5.41) is 4.40. The van der Waals surface area contributed by atoms with Gasteiger partial charge in [-0.2, -0.15) is 0 Å². The zero-order chi connectivity index (χ0) is 20.1. The highest BCUT2D eigenvalue weighted by Gasteiger charge is 2.60. The summed E-state index contributed by atoms with van der Waals surface area (Å²) in [6.07, 6.45) is 0. The number of aryl methyl sites for hydroxylation is 1. The van der Waals surface area contributed by atoms with Crippen molar-refractivity contribution in [2.45, 2.75) is 32.5 Å². The van der Waals surface area contributed by atoms with E-state index >= 15 is 0 Å². The Morgan fingerprint density at radius 1 is 1.36 bits per heavy atom. The molecule has 2 aliphatic rings. The number of carbonyl (C=O) groups is 1. The maximum atomic E-state index is 13.0. The van der Waals surface area contributed by atoms with Crippen LogP contribution in [0.25, 0.3) is 0 Å². The molecule has 0 aromatic heterocycles. The number of carbonyl (C=O) groups excluding carboxylic acids is 1. The third-order valence-corrected chi connectivity index (χ3v) is 5.89. The van der Waals surface area contributed by atoms with Crippen LogP contribution in [0.4, 0.5) is 5.69 Å². The van der Waals surface area contributed by atoms with E-state index in [1.54, 1.807) is 13.0 Å². The van der Waals surface area contributed by atoms with Gasteiger partial charge in [-0.05, 0) is 62.8 Å². The Labute approximate surface area is 174 Å². The van der Waals surface area contributed by atoms with E-state index in [4.69, 9.17) is 33.3 Å². The Morgan fingerprint density at radius 3 is 2.82 bits per heavy atom. The summed E-state index contributed by atoms with van der Waals surface area (Å²) in [7, 11) is 0. The fraction of sp³-hybridized carbons (Fsp3) is 0.333. The zero-order valence-corrected chi connectivity index (χ0v) is 17.4. The van der Waals surface area contributed by atoms with Gasteiger partial charge in [0.2, 0.25) is 5.72 Å². The fourth-order valence-corrected chi connectivity index (χ4v) is 4.71. The van der Waals surface area contributed by atoms with Crippen LogP contribution in [0.3, 0.4) is 0 Å². The van der Waals surface area contributed by atoms with Crippen molar-refractivity contribution in [1.82, 2.24) is 5.32 Å². The quantitative estimate of drug-likeness (QED) is 0.592. The molecule has 1 fully saturated rings. The molecule has 2 heterocycles. The van der Waals surface area contributed by atoms with E-state index in [1.807, 2.05) is 55.1 Å². The molecule has 3 atom stereocenters. The van der Waals surface area contributed by atoms with Gasteiger partial charge in [-0.3, -0.25) is 9.69 Å². The first kappa shape index (κ1) is 19.0. The number of rotatable bonds is 3. The molecule has 0 radical (unpaired) electrons. The highest BCUT2D eigenvalue weighted by molar-refractivity contribution is 7.80. The Kier molecular flexibility index (Phi) is 4.71. The number of thiocarbonyl (C=S) groups is 1. The molecule has 4 rings (SSSR count). The zero-order valence-electron chi connectivity index (χ0n) is 15.9. The van der Waals surface area contributed by atoms with E-state index in [-0.39, 0.29) is 18.6 Å². The molecule has 2 aromatic carbocycles. The number of hydrogen-bond acceptors (Lipinski definition) is 4. The van der Waals surface area contributed by atoms with Crippen molar-refractivity contribution in [3.8, 4) is 5.75 Å². The van der Waals surface area contributed by atoms with Crippen molar-refractivity contribution in [1.29, 1.82) is 0 Å². The summed E-state index contributed by atoms with van der Waals surface area (Å²) in [5.41, 5.74) is 1.66. The molecule has 7 heteroatoms. The number of para-hydroxylation sites is 1. The van der Waals surface area contributed by atoms with E-state index in [0.29, 0.717) is 15.9 Å². The molecule has 28 heavy (non-hydrogen) atoms. The number of fused-ring (bicyclic) bond motifs is 4. The van der Waals surface area contributed by atoms with Crippen LogP contribution < -0.4 is 15.0 Å². The molecule has 0 amide bonds. The van der Waals surface area contributed by atoms with Crippen LogP contribution in [-0.4, -0.2) is 23.4 Å². The minimum atomic E-state index is -1.05. The van der Waals surface area contributed by atoms with Gasteiger partial charge in [0.25, 0.3) is 0 Å². The summed E-state index contributed by atoms with van der Waals surface area (Å²) in [5.74, 6) is -0.301. The Balaban J connectivity index is 1.92. The van der Waals surface area contributed by atoms with Crippen LogP contribution in [0.15, 0.2) is 42.5 Å². The van der Waals surface area contributed by atoms with E-state index in [1.165, 1.54) is 0 Å². The van der Waals surface area contributed by atoms with Gasteiger partial charge in [0.15, 0.2) is 5.11 Å². The molecule has 0 spiro atoms. The van der Waals surface area contributed by atoms with Gasteiger partial charge in [0.1, 0.15) is 11.7 Å². The third-order valence-electron chi connectivity index (χ3n) is 5.36. The topological polar surface area (TPSA) is 50.8 Å². The van der Waals surface area contributed by atoms with E-state index in [0.717, 1.165) is 16.8 Å². The predicted molar refractivity (Wildman–Crippen MR) is 113 cm³/mol. The van der Waals surface area contributed by atoms with Crippen LogP contribution >= 0.6 is 23.8 Å². The standard InChI is InChI=1S/C21H21ClN2O3S/c1-4-26-19(25)17-18-14-11-13(22)9-10-16(14)27-21(17,3)24(20(28)23-18)15-8-6-5-7-12(15)2/h5-11,17-18H,4H2,1-3H3,(H,23,28)/t17-,18+,21-/m0/s1. The Hall–Kier alpha value is -2.31. The maximum Gasteiger partial charge on any atom is 0.317 e. The van der Waals surface area contributed by atoms with Crippen LogP contribution in [0.1, 0.15) is 31.0 Å². The normalized spacial score (nSPS) is 25.4. The molecule has 0 saturated carbocycles. The minimum absolute atomic E-state index is 0.287. The lowest BCUT2D eigenvalue weighted by Gasteiger charge is -2.55. The van der Waals surface area contributed by atoms with Gasteiger partial charge >= 0.3 is 5.97 Å². The molecule has 1 N–H and O–H groups in total. The molecule has 0 aliphatic carbocycles. The van der Waals surface area contributed by atoms with Crippen LogP contribution in [0, 0.1) is 12.8 Å². The lowest BCUT2D eigenvalue weighted by Crippen LogP contribution is -2.71. The first-order chi connectivity index (χ1) is 13.4. The number of benzene rings is 2. The Morgan fingerprint density at radius 2 is 2.11 bits per heavy atom. The maximum absolute atomic E-state index is 13.0. The van der Waals surface area contributed by atoms with Crippen molar-refractivity contribution in [3.05, 3.63) is 58.6 Å². The second-order valence-electron chi connectivity index (χ2n) is 7.12. The van der Waals surface area contributed by atoms with Crippen molar-refractivity contribution < 1.29 is 14.3 Å². The van der Waals surface area contributed by atoms with Gasteiger partial charge in [-0.1, -0.05) is 29.8 Å². The van der Waals surface area contributed by atoms with Crippen LogP contribution in [0.2, 0.25) is 5.02 Å². The second-order valence-corrected chi connectivity index (χ2v) is 7.94. The molecular weight excluding hydrogens is 396 g/mol. The predicted octanol–water partition coefficient (Wildman–Crippen LogP) is 4.37. The van der Waals surface area contributed by atoms with Crippen molar-refractivity contribution in [2.24, 2.45) is 5.92 Å². The van der Waals surface area contributed by atoms with E-state index < -0.39 is 11.6 Å². The van der Waals surface area contributed by atoms with Gasteiger partial charge in [-0.15, -0.1) is 0 Å². The van der Waals surface area contributed by atoms with Crippen molar-refractivity contribution >= 4 is 40.6 Å². The average Bonchev–Trinajstić information content (AvgIpc) is 2.63. The van der Waals surface area contributed by atoms with Gasteiger partial charge in [0, 0.05) is 16.3 Å². The van der Waals surface area contributed by atoms with E-state index in [9.17, 15) is 4.79 Å². The molecule has 5 nitrogen and oxygen atoms in total. The highest BCUT2D eigenvalue weighted by atomic mass is 35.5. The monoisotopic (exact) mass is 416 g/mol. The summed E-state index contributed by atoms with van der Waals surface area (Å²) in [4.78, 5) is 14.9. The number of nitrogens with zero attached hydrogens (tertiary/aromatic N) is 1. The van der Waals surface area contributed by atoms with Gasteiger partial charge in [-0.25, -0.2) is 0 Å². The van der Waals surface area contributed by atoms with E-state index in [2.05, 4.69) is 5.32 Å². The third kappa shape index (κ3) is 2.83. The van der Waals surface area contributed by atoms with Crippen LogP contribution in [0.5, 0.6) is 5.75 Å². The van der Waals surface area contributed by atoms with Crippen LogP contribution in [-0.2, 0) is 9.53 Å². The smallest absolute Gasteiger partial charge is 0.317 e. The minimum Gasteiger partial charge on any atom is -0.466 e. The largest absolute Gasteiger partial charge is 0.466 e. The second kappa shape index (κ2) is 6.94. The van der Waals surface area contributed by atoms with Crippen molar-refractivity contribution in [2.75, 3.05) is 11.5 Å². The number of nitrogens with one attached hydrogen (secondary N) is 1. The number of ether oxygens (including phenoxy) is 2. The molecule has 146 valence electrons. The summed E-state index contributed by atoms with van der Waals surface area (Å²) in [6.45, 7) is 5.97. The van der Waals surface area contributed by atoms with Gasteiger partial charge < -0.3 is 14.8 Å². The first-order valence-electron chi connectivity index (χ1n) is 9.18. The molecular formula is C21H21ClN2O3S. The lowest BCUT2D eigenvalue weighted by molar-refractivity contribution is -0.159. The number of esters is 1. The molecule has 2 aliphatic heterocycles. The summed E-state index contributed by atoms with van der Waals surface area (Å²) < 4.78 is 11.9. The molecule has 0 unspecified atom stereocenters. The average molecular weight is 417 g/mol.